The Bertz CT molecular complexity index is 369. The van der Waals surface area contributed by atoms with Crippen molar-refractivity contribution in [2.24, 2.45) is 0 Å². The summed E-state index contributed by atoms with van der Waals surface area (Å²) in [5.41, 5.74) is 3.22. The second-order valence-corrected chi connectivity index (χ2v) is 4.56. The summed E-state index contributed by atoms with van der Waals surface area (Å²) in [6.07, 6.45) is 1.82. The van der Waals surface area contributed by atoms with E-state index in [9.17, 15) is 4.79 Å². The molecule has 0 heterocycles. The smallest absolute Gasteiger partial charge is 0.172 e. The fraction of sp³-hybridized carbons (Fsp3) is 0.308. The minimum absolute atomic E-state index is 0.199. The van der Waals surface area contributed by atoms with E-state index in [0.29, 0.717) is 5.75 Å². The van der Waals surface area contributed by atoms with Gasteiger partial charge in [-0.25, -0.2) is 0 Å². The number of hydrogen-bond donors (Lipinski definition) is 0. The largest absolute Gasteiger partial charge is 0.293 e. The van der Waals surface area contributed by atoms with Crippen molar-refractivity contribution in [1.82, 2.24) is 0 Å². The molecule has 0 amide bonds. The molecule has 0 saturated heterocycles. The van der Waals surface area contributed by atoms with Crippen LogP contribution in [0.1, 0.15) is 21.5 Å². The van der Waals surface area contributed by atoms with Crippen molar-refractivity contribution in [1.29, 1.82) is 0 Å². The molecule has 0 spiro atoms. The SMILES string of the molecule is C=CCSCC(=O)c1ccc(C)c(C)c1. The third-order valence-corrected chi connectivity index (χ3v) is 3.24. The first-order valence-electron chi connectivity index (χ1n) is 4.94. The molecule has 1 rings (SSSR count). The van der Waals surface area contributed by atoms with E-state index in [0.717, 1.165) is 11.3 Å². The highest BCUT2D eigenvalue weighted by molar-refractivity contribution is 8.00. The fourth-order valence-electron chi connectivity index (χ4n) is 1.23. The number of Topliss-reactive ketones (excluding diaryl/α,β-unsaturated/α-hetero) is 1. The van der Waals surface area contributed by atoms with Crippen molar-refractivity contribution in [2.45, 2.75) is 13.8 Å². The Morgan fingerprint density at radius 3 is 2.73 bits per heavy atom. The van der Waals surface area contributed by atoms with Crippen molar-refractivity contribution in [3.8, 4) is 0 Å². The van der Waals surface area contributed by atoms with Crippen molar-refractivity contribution in [3.63, 3.8) is 0 Å². The Morgan fingerprint density at radius 2 is 2.13 bits per heavy atom. The number of ketones is 1. The van der Waals surface area contributed by atoms with Gasteiger partial charge in [-0.15, -0.1) is 18.3 Å². The molecule has 0 aliphatic carbocycles. The molecule has 1 aromatic rings. The second-order valence-electron chi connectivity index (χ2n) is 3.53. The lowest BCUT2D eigenvalue weighted by molar-refractivity contribution is 0.102. The second kappa shape index (κ2) is 5.76. The van der Waals surface area contributed by atoms with Crippen LogP contribution in [0.2, 0.25) is 0 Å². The molecular weight excluding hydrogens is 204 g/mol. The third kappa shape index (κ3) is 3.56. The van der Waals surface area contributed by atoms with Crippen LogP contribution in [0.25, 0.3) is 0 Å². The van der Waals surface area contributed by atoms with E-state index in [1.807, 2.05) is 31.2 Å². The van der Waals surface area contributed by atoms with E-state index < -0.39 is 0 Å². The minimum Gasteiger partial charge on any atom is -0.293 e. The summed E-state index contributed by atoms with van der Waals surface area (Å²) in [4.78, 5) is 11.7. The van der Waals surface area contributed by atoms with Crippen LogP contribution in [-0.4, -0.2) is 17.3 Å². The van der Waals surface area contributed by atoms with E-state index in [1.165, 1.54) is 11.1 Å². The topological polar surface area (TPSA) is 17.1 Å². The highest BCUT2D eigenvalue weighted by atomic mass is 32.2. The molecule has 0 radical (unpaired) electrons. The molecule has 1 aromatic carbocycles. The number of benzene rings is 1. The van der Waals surface area contributed by atoms with Crippen LogP contribution in [0.5, 0.6) is 0 Å². The Kier molecular flexibility index (Phi) is 4.63. The lowest BCUT2D eigenvalue weighted by atomic mass is 10.0. The van der Waals surface area contributed by atoms with Gasteiger partial charge in [-0.1, -0.05) is 18.2 Å². The Morgan fingerprint density at radius 1 is 1.40 bits per heavy atom. The lowest BCUT2D eigenvalue weighted by Gasteiger charge is -2.03. The molecule has 0 aromatic heterocycles. The quantitative estimate of drug-likeness (QED) is 0.430. The van der Waals surface area contributed by atoms with Gasteiger partial charge in [-0.2, -0.15) is 0 Å². The number of carbonyl (C=O) groups is 1. The van der Waals surface area contributed by atoms with E-state index in [4.69, 9.17) is 0 Å². The average molecular weight is 220 g/mol. The van der Waals surface area contributed by atoms with Crippen LogP contribution in [0.15, 0.2) is 30.9 Å². The highest BCUT2D eigenvalue weighted by Crippen LogP contribution is 2.12. The van der Waals surface area contributed by atoms with E-state index in [-0.39, 0.29) is 5.78 Å². The van der Waals surface area contributed by atoms with Crippen molar-refractivity contribution in [2.75, 3.05) is 11.5 Å². The van der Waals surface area contributed by atoms with Gasteiger partial charge in [0.05, 0.1) is 5.75 Å². The molecule has 0 bridgehead atoms. The summed E-state index contributed by atoms with van der Waals surface area (Å²) >= 11 is 1.60. The molecule has 0 atom stereocenters. The molecule has 0 N–H and O–H groups in total. The predicted molar refractivity (Wildman–Crippen MR) is 67.8 cm³/mol. The van der Waals surface area contributed by atoms with Crippen LogP contribution >= 0.6 is 11.8 Å². The molecular formula is C13H16OS. The Balaban J connectivity index is 2.65. The van der Waals surface area contributed by atoms with Crippen LogP contribution in [0.3, 0.4) is 0 Å². The molecule has 2 heteroatoms. The maximum atomic E-state index is 11.7. The van der Waals surface area contributed by atoms with Gasteiger partial charge in [0.1, 0.15) is 0 Å². The number of aryl methyl sites for hydroxylation is 2. The lowest BCUT2D eigenvalue weighted by Crippen LogP contribution is -2.03. The molecule has 0 aliphatic rings. The van der Waals surface area contributed by atoms with Gasteiger partial charge in [0.25, 0.3) is 0 Å². The molecule has 0 aliphatic heterocycles. The normalized spacial score (nSPS) is 10.0. The maximum Gasteiger partial charge on any atom is 0.172 e. The van der Waals surface area contributed by atoms with Gasteiger partial charge in [0.15, 0.2) is 5.78 Å². The summed E-state index contributed by atoms with van der Waals surface area (Å²) in [5, 5.41) is 0. The zero-order valence-corrected chi connectivity index (χ0v) is 10.1. The van der Waals surface area contributed by atoms with Gasteiger partial charge >= 0.3 is 0 Å². The monoisotopic (exact) mass is 220 g/mol. The molecule has 0 fully saturated rings. The van der Waals surface area contributed by atoms with Gasteiger partial charge in [-0.3, -0.25) is 4.79 Å². The summed E-state index contributed by atoms with van der Waals surface area (Å²) in [7, 11) is 0. The van der Waals surface area contributed by atoms with Crippen molar-refractivity contribution >= 4 is 17.5 Å². The first kappa shape index (κ1) is 12.1. The number of thioether (sulfide) groups is 1. The summed E-state index contributed by atoms with van der Waals surface area (Å²) in [6.45, 7) is 7.71. The number of carbonyl (C=O) groups excluding carboxylic acids is 1. The van der Waals surface area contributed by atoms with Crippen LogP contribution in [0.4, 0.5) is 0 Å². The van der Waals surface area contributed by atoms with Gasteiger partial charge in [-0.05, 0) is 31.0 Å². The van der Waals surface area contributed by atoms with Crippen molar-refractivity contribution in [3.05, 3.63) is 47.5 Å². The zero-order valence-electron chi connectivity index (χ0n) is 9.25. The van der Waals surface area contributed by atoms with Crippen LogP contribution in [-0.2, 0) is 0 Å². The maximum absolute atomic E-state index is 11.7. The summed E-state index contributed by atoms with van der Waals surface area (Å²) in [6, 6.07) is 5.87. The molecule has 0 saturated carbocycles. The number of hydrogen-bond acceptors (Lipinski definition) is 2. The van der Waals surface area contributed by atoms with Gasteiger partial charge < -0.3 is 0 Å². The average Bonchev–Trinajstić information content (AvgIpc) is 2.22. The third-order valence-electron chi connectivity index (χ3n) is 2.30. The Hall–Kier alpha value is -1.02. The van der Waals surface area contributed by atoms with E-state index >= 15 is 0 Å². The first-order valence-corrected chi connectivity index (χ1v) is 6.09. The van der Waals surface area contributed by atoms with Crippen LogP contribution in [0, 0.1) is 13.8 Å². The van der Waals surface area contributed by atoms with Crippen molar-refractivity contribution < 1.29 is 4.79 Å². The standard InChI is InChI=1S/C13H16OS/c1-4-7-15-9-13(14)12-6-5-10(2)11(3)8-12/h4-6,8H,1,7,9H2,2-3H3. The van der Waals surface area contributed by atoms with Gasteiger partial charge in [0.2, 0.25) is 0 Å². The predicted octanol–water partition coefficient (Wildman–Crippen LogP) is 3.41. The van der Waals surface area contributed by atoms with Gasteiger partial charge in [0, 0.05) is 11.3 Å². The molecule has 0 unspecified atom stereocenters. The van der Waals surface area contributed by atoms with E-state index in [2.05, 4.69) is 13.5 Å². The fourth-order valence-corrected chi connectivity index (χ4v) is 1.87. The molecule has 15 heavy (non-hydrogen) atoms. The highest BCUT2D eigenvalue weighted by Gasteiger charge is 2.06. The van der Waals surface area contributed by atoms with E-state index in [1.54, 1.807) is 11.8 Å². The first-order chi connectivity index (χ1) is 7.15. The zero-order chi connectivity index (χ0) is 11.3. The van der Waals surface area contributed by atoms with Crippen LogP contribution < -0.4 is 0 Å². The minimum atomic E-state index is 0.199. The number of rotatable bonds is 5. The summed E-state index contributed by atoms with van der Waals surface area (Å²) < 4.78 is 0. The molecule has 1 nitrogen and oxygen atoms in total. The summed E-state index contributed by atoms with van der Waals surface area (Å²) in [5.74, 6) is 1.57. The Labute approximate surface area is 95.6 Å². The molecule has 80 valence electrons.